The van der Waals surface area contributed by atoms with Crippen molar-refractivity contribution in [2.45, 2.75) is 13.0 Å². The Morgan fingerprint density at radius 3 is 2.24 bits per heavy atom. The maximum Gasteiger partial charge on any atom is 0.321 e. The maximum absolute atomic E-state index is 11.6. The van der Waals surface area contributed by atoms with Gasteiger partial charge in [0.1, 0.15) is 6.04 Å². The number of benzene rings is 1. The molecule has 0 bridgehead atoms. The minimum Gasteiger partial charge on any atom is -0.480 e. The Bertz CT molecular complexity index is 523. The topological polar surface area (TPSA) is 101 Å². The van der Waals surface area contributed by atoms with Crippen LogP contribution in [-0.4, -0.2) is 30.7 Å². The number of carbonyl (C=O) groups excluding carboxylic acids is 1. The predicted octanol–water partition coefficient (Wildman–Crippen LogP) is 0.219. The second-order valence-electron chi connectivity index (χ2n) is 3.33. The summed E-state index contributed by atoms with van der Waals surface area (Å²) in [6, 6.07) is 6.00. The highest BCUT2D eigenvalue weighted by atomic mass is 32.2. The standard InChI is InChI=1S/C10H11NO5S/c1-7(9(12)13)11-17(15,16)10(14)8-5-3-2-4-6-8/h2-7,11H,1H3,(H,12,13)/t7-/m1/s1. The molecule has 1 aromatic carbocycles. The van der Waals surface area contributed by atoms with Gasteiger partial charge < -0.3 is 5.11 Å². The van der Waals surface area contributed by atoms with E-state index in [2.05, 4.69) is 0 Å². The van der Waals surface area contributed by atoms with E-state index in [0.29, 0.717) is 0 Å². The first-order valence-electron chi connectivity index (χ1n) is 4.69. The molecule has 1 aromatic rings. The summed E-state index contributed by atoms with van der Waals surface area (Å²) in [5, 5.41) is 7.41. The first kappa shape index (κ1) is 13.3. The molecule has 7 heteroatoms. The molecule has 0 radical (unpaired) electrons. The zero-order chi connectivity index (χ0) is 13.1. The van der Waals surface area contributed by atoms with E-state index in [0.717, 1.165) is 6.92 Å². The van der Waals surface area contributed by atoms with Gasteiger partial charge >= 0.3 is 5.97 Å². The number of sulfonamides is 1. The SMILES string of the molecule is C[C@@H](NS(=O)(=O)C(=O)c1ccccc1)C(=O)O. The fourth-order valence-corrected chi connectivity index (χ4v) is 2.19. The summed E-state index contributed by atoms with van der Waals surface area (Å²) in [4.78, 5) is 22.1. The Morgan fingerprint density at radius 1 is 1.24 bits per heavy atom. The van der Waals surface area contributed by atoms with Gasteiger partial charge in [-0.15, -0.1) is 0 Å². The summed E-state index contributed by atoms with van der Waals surface area (Å²) in [6.45, 7) is 1.14. The Hall–Kier alpha value is -1.73. The lowest BCUT2D eigenvalue weighted by molar-refractivity contribution is -0.138. The summed E-state index contributed by atoms with van der Waals surface area (Å²) in [5.74, 6) is -1.35. The highest BCUT2D eigenvalue weighted by molar-refractivity contribution is 8.05. The van der Waals surface area contributed by atoms with E-state index in [1.807, 2.05) is 0 Å². The molecule has 1 atom stereocenters. The molecule has 0 heterocycles. The van der Waals surface area contributed by atoms with Crippen molar-refractivity contribution in [1.29, 1.82) is 0 Å². The summed E-state index contributed by atoms with van der Waals surface area (Å²) in [5.41, 5.74) is -0.0161. The zero-order valence-electron chi connectivity index (χ0n) is 8.95. The molecule has 0 aromatic heterocycles. The summed E-state index contributed by atoms with van der Waals surface area (Å²) >= 11 is 0. The van der Waals surface area contributed by atoms with Crippen LogP contribution in [0.4, 0.5) is 0 Å². The van der Waals surface area contributed by atoms with Crippen molar-refractivity contribution < 1.29 is 23.1 Å². The number of carboxylic acids is 1. The second kappa shape index (κ2) is 5.07. The van der Waals surface area contributed by atoms with Gasteiger partial charge in [0, 0.05) is 5.56 Å². The number of rotatable bonds is 4. The van der Waals surface area contributed by atoms with Crippen molar-refractivity contribution in [3.8, 4) is 0 Å². The monoisotopic (exact) mass is 257 g/mol. The molecule has 0 aliphatic rings. The smallest absolute Gasteiger partial charge is 0.321 e. The van der Waals surface area contributed by atoms with Crippen LogP contribution in [0.2, 0.25) is 0 Å². The number of carboxylic acid groups (broad SMARTS) is 1. The Labute approximate surface area is 98.3 Å². The lowest BCUT2D eigenvalue weighted by Crippen LogP contribution is -2.41. The number of carbonyl (C=O) groups is 2. The molecule has 0 amide bonds. The highest BCUT2D eigenvalue weighted by Crippen LogP contribution is 2.05. The lowest BCUT2D eigenvalue weighted by Gasteiger charge is -2.08. The fourth-order valence-electron chi connectivity index (χ4n) is 1.07. The maximum atomic E-state index is 11.6. The van der Waals surface area contributed by atoms with E-state index in [4.69, 9.17) is 5.11 Å². The van der Waals surface area contributed by atoms with Crippen LogP contribution in [-0.2, 0) is 14.8 Å². The van der Waals surface area contributed by atoms with E-state index in [1.165, 1.54) is 24.3 Å². The van der Waals surface area contributed by atoms with Crippen molar-refractivity contribution in [2.24, 2.45) is 0 Å². The van der Waals surface area contributed by atoms with Crippen LogP contribution >= 0.6 is 0 Å². The Kier molecular flexibility index (Phi) is 3.97. The Balaban J connectivity index is 2.93. The van der Waals surface area contributed by atoms with Gasteiger partial charge in [-0.3, -0.25) is 9.59 Å². The number of aliphatic carboxylic acids is 1. The fraction of sp³-hybridized carbons (Fsp3) is 0.200. The second-order valence-corrected chi connectivity index (χ2v) is 4.95. The minimum absolute atomic E-state index is 0.0161. The van der Waals surface area contributed by atoms with Gasteiger partial charge in [-0.05, 0) is 6.92 Å². The lowest BCUT2D eigenvalue weighted by atomic mass is 10.2. The molecule has 6 nitrogen and oxygen atoms in total. The summed E-state index contributed by atoms with van der Waals surface area (Å²) in [7, 11) is -4.33. The third-order valence-corrected chi connectivity index (χ3v) is 3.34. The van der Waals surface area contributed by atoms with Crippen molar-refractivity contribution in [1.82, 2.24) is 4.72 Å². The number of hydrogen-bond acceptors (Lipinski definition) is 4. The molecule has 0 aliphatic carbocycles. The van der Waals surface area contributed by atoms with Crippen LogP contribution in [0.25, 0.3) is 0 Å². The van der Waals surface area contributed by atoms with Crippen molar-refractivity contribution in [2.75, 3.05) is 0 Å². The average Bonchev–Trinajstić information content (AvgIpc) is 2.28. The molecule has 1 rings (SSSR count). The van der Waals surface area contributed by atoms with Gasteiger partial charge in [-0.1, -0.05) is 30.3 Å². The van der Waals surface area contributed by atoms with Crippen molar-refractivity contribution >= 4 is 21.1 Å². The van der Waals surface area contributed by atoms with Gasteiger partial charge in [0.25, 0.3) is 15.1 Å². The van der Waals surface area contributed by atoms with Gasteiger partial charge in [-0.25, -0.2) is 8.42 Å². The molecule has 0 fully saturated rings. The van der Waals surface area contributed by atoms with Crippen LogP contribution in [0.5, 0.6) is 0 Å². The molecule has 0 saturated heterocycles. The van der Waals surface area contributed by atoms with Crippen molar-refractivity contribution in [3.05, 3.63) is 35.9 Å². The first-order valence-corrected chi connectivity index (χ1v) is 6.17. The molecule has 17 heavy (non-hydrogen) atoms. The van der Waals surface area contributed by atoms with Crippen LogP contribution in [0, 0.1) is 0 Å². The molecule has 92 valence electrons. The zero-order valence-corrected chi connectivity index (χ0v) is 9.77. The Morgan fingerprint density at radius 2 is 1.76 bits per heavy atom. The van der Waals surface area contributed by atoms with Crippen LogP contribution in [0.3, 0.4) is 0 Å². The number of hydrogen-bond donors (Lipinski definition) is 2. The first-order chi connectivity index (χ1) is 7.84. The molecule has 0 saturated carbocycles. The van der Waals surface area contributed by atoms with E-state index in [1.54, 1.807) is 10.8 Å². The average molecular weight is 257 g/mol. The van der Waals surface area contributed by atoms with E-state index >= 15 is 0 Å². The van der Waals surface area contributed by atoms with Crippen LogP contribution in [0.15, 0.2) is 30.3 Å². The van der Waals surface area contributed by atoms with Gasteiger partial charge in [0.15, 0.2) is 0 Å². The number of nitrogens with one attached hydrogen (secondary N) is 1. The third-order valence-electron chi connectivity index (χ3n) is 1.96. The van der Waals surface area contributed by atoms with Crippen LogP contribution in [0.1, 0.15) is 17.3 Å². The largest absolute Gasteiger partial charge is 0.480 e. The van der Waals surface area contributed by atoms with Gasteiger partial charge in [0.2, 0.25) is 0 Å². The van der Waals surface area contributed by atoms with Gasteiger partial charge in [0.05, 0.1) is 0 Å². The molecule has 0 unspecified atom stereocenters. The quantitative estimate of drug-likeness (QED) is 0.803. The van der Waals surface area contributed by atoms with E-state index < -0.39 is 27.1 Å². The molecular formula is C10H11NO5S. The van der Waals surface area contributed by atoms with E-state index in [9.17, 15) is 18.0 Å². The summed E-state index contributed by atoms with van der Waals surface area (Å²) < 4.78 is 24.8. The molecule has 0 spiro atoms. The van der Waals surface area contributed by atoms with Crippen LogP contribution < -0.4 is 4.72 Å². The molecular weight excluding hydrogens is 246 g/mol. The third kappa shape index (κ3) is 3.36. The highest BCUT2D eigenvalue weighted by Gasteiger charge is 2.27. The van der Waals surface area contributed by atoms with E-state index in [-0.39, 0.29) is 5.56 Å². The van der Waals surface area contributed by atoms with Crippen molar-refractivity contribution in [3.63, 3.8) is 0 Å². The van der Waals surface area contributed by atoms with Gasteiger partial charge in [-0.2, -0.15) is 4.72 Å². The molecule has 2 N–H and O–H groups in total. The minimum atomic E-state index is -4.33. The predicted molar refractivity (Wildman–Crippen MR) is 59.9 cm³/mol. The summed E-state index contributed by atoms with van der Waals surface area (Å²) in [6.07, 6.45) is 0. The normalized spacial score (nSPS) is 13.0. The molecule has 0 aliphatic heterocycles.